The smallest absolute Gasteiger partial charge is 0.168 e. The predicted octanol–water partition coefficient (Wildman–Crippen LogP) is 11.3. The standard InChI is InChI=1S/C46H33N5/c1-2-16-38(17-3-1)51-45(32-22-26-39(27-23-32)49-41-18-8-4-12-34(41)30-35-13-5-9-19-42(35)49)47-48-46(51)33-24-28-40(29-25-33)50-43-20-10-6-14-36(43)31-37-15-7-11-21-44(37)50/h1-29H,30-31H2. The van der Waals surface area contributed by atoms with Crippen molar-refractivity contribution in [3.63, 3.8) is 0 Å². The third-order valence-corrected chi connectivity index (χ3v) is 10.1. The lowest BCUT2D eigenvalue weighted by Crippen LogP contribution is -2.18. The molecule has 0 atom stereocenters. The first-order valence-electron chi connectivity index (χ1n) is 17.4. The van der Waals surface area contributed by atoms with Crippen LogP contribution in [-0.4, -0.2) is 14.8 Å². The largest absolute Gasteiger partial charge is 0.310 e. The van der Waals surface area contributed by atoms with Crippen LogP contribution >= 0.6 is 0 Å². The van der Waals surface area contributed by atoms with Gasteiger partial charge < -0.3 is 9.80 Å². The molecule has 0 amide bonds. The molecule has 3 heterocycles. The maximum Gasteiger partial charge on any atom is 0.168 e. The van der Waals surface area contributed by atoms with Crippen LogP contribution in [0.1, 0.15) is 22.3 Å². The fourth-order valence-electron chi connectivity index (χ4n) is 7.74. The van der Waals surface area contributed by atoms with Crippen molar-refractivity contribution in [2.45, 2.75) is 12.8 Å². The molecule has 51 heavy (non-hydrogen) atoms. The van der Waals surface area contributed by atoms with Gasteiger partial charge in [-0.15, -0.1) is 10.2 Å². The summed E-state index contributed by atoms with van der Waals surface area (Å²) < 4.78 is 2.17. The van der Waals surface area contributed by atoms with E-state index in [4.69, 9.17) is 10.2 Å². The Morgan fingerprint density at radius 3 is 1.02 bits per heavy atom. The van der Waals surface area contributed by atoms with E-state index >= 15 is 0 Å². The van der Waals surface area contributed by atoms with Crippen LogP contribution in [0.15, 0.2) is 176 Å². The van der Waals surface area contributed by atoms with Gasteiger partial charge in [-0.2, -0.15) is 0 Å². The van der Waals surface area contributed by atoms with Crippen molar-refractivity contribution in [1.82, 2.24) is 14.8 Å². The minimum atomic E-state index is 0.796. The van der Waals surface area contributed by atoms with Gasteiger partial charge in [0, 0.05) is 63.8 Å². The van der Waals surface area contributed by atoms with Crippen LogP contribution in [0.4, 0.5) is 34.1 Å². The maximum absolute atomic E-state index is 4.81. The molecule has 2 aliphatic heterocycles. The van der Waals surface area contributed by atoms with Crippen molar-refractivity contribution in [2.75, 3.05) is 9.80 Å². The molecule has 5 heteroatoms. The van der Waals surface area contributed by atoms with Gasteiger partial charge >= 0.3 is 0 Å². The van der Waals surface area contributed by atoms with Gasteiger partial charge in [0.05, 0.1) is 0 Å². The first kappa shape index (κ1) is 29.2. The highest BCUT2D eigenvalue weighted by Crippen LogP contribution is 2.45. The van der Waals surface area contributed by atoms with Crippen molar-refractivity contribution in [3.8, 4) is 28.5 Å². The Kier molecular flexibility index (Phi) is 6.88. The molecule has 0 unspecified atom stereocenters. The average molecular weight is 656 g/mol. The van der Waals surface area contributed by atoms with Gasteiger partial charge in [0.15, 0.2) is 11.6 Å². The summed E-state index contributed by atoms with van der Waals surface area (Å²) in [4.78, 5) is 4.73. The second kappa shape index (κ2) is 12.0. The molecule has 0 bridgehead atoms. The zero-order chi connectivity index (χ0) is 33.7. The monoisotopic (exact) mass is 655 g/mol. The average Bonchev–Trinajstić information content (AvgIpc) is 3.65. The van der Waals surface area contributed by atoms with Crippen molar-refractivity contribution >= 4 is 34.1 Å². The Balaban J connectivity index is 1.04. The molecule has 0 radical (unpaired) electrons. The number of hydrogen-bond donors (Lipinski definition) is 0. The summed E-state index contributed by atoms with van der Waals surface area (Å²) in [5, 5.41) is 9.63. The van der Waals surface area contributed by atoms with E-state index in [-0.39, 0.29) is 0 Å². The Morgan fingerprint density at radius 2 is 0.647 bits per heavy atom. The third-order valence-electron chi connectivity index (χ3n) is 10.1. The number of benzene rings is 7. The van der Waals surface area contributed by atoms with Crippen LogP contribution in [0, 0.1) is 0 Å². The molecule has 8 aromatic rings. The van der Waals surface area contributed by atoms with Gasteiger partial charge in [-0.25, -0.2) is 0 Å². The van der Waals surface area contributed by atoms with E-state index in [2.05, 4.69) is 184 Å². The molecule has 10 rings (SSSR count). The van der Waals surface area contributed by atoms with Crippen LogP contribution in [0.2, 0.25) is 0 Å². The molecule has 0 N–H and O–H groups in total. The van der Waals surface area contributed by atoms with Crippen LogP contribution in [0.5, 0.6) is 0 Å². The van der Waals surface area contributed by atoms with Gasteiger partial charge in [-0.3, -0.25) is 4.57 Å². The molecule has 1 aromatic heterocycles. The molecule has 2 aliphatic rings. The summed E-state index contributed by atoms with van der Waals surface area (Å²) in [7, 11) is 0. The Bertz CT molecular complexity index is 2280. The zero-order valence-corrected chi connectivity index (χ0v) is 27.9. The van der Waals surface area contributed by atoms with Gasteiger partial charge in [0.1, 0.15) is 0 Å². The summed E-state index contributed by atoms with van der Waals surface area (Å²) in [5.74, 6) is 1.59. The summed E-state index contributed by atoms with van der Waals surface area (Å²) in [6.07, 6.45) is 1.87. The number of hydrogen-bond acceptors (Lipinski definition) is 4. The van der Waals surface area contributed by atoms with E-state index < -0.39 is 0 Å². The minimum absolute atomic E-state index is 0.796. The van der Waals surface area contributed by atoms with Gasteiger partial charge in [-0.05, 0) is 107 Å². The molecule has 7 aromatic carbocycles. The highest BCUT2D eigenvalue weighted by atomic mass is 15.3. The number of aromatic nitrogens is 3. The lowest BCUT2D eigenvalue weighted by atomic mass is 9.95. The third kappa shape index (κ3) is 4.93. The lowest BCUT2D eigenvalue weighted by molar-refractivity contribution is 1.07. The first-order chi connectivity index (χ1) is 25.3. The van der Waals surface area contributed by atoms with Crippen LogP contribution in [-0.2, 0) is 12.8 Å². The fourth-order valence-corrected chi connectivity index (χ4v) is 7.74. The lowest BCUT2D eigenvalue weighted by Gasteiger charge is -2.33. The molecular formula is C46H33N5. The normalized spacial score (nSPS) is 12.9. The second-order valence-corrected chi connectivity index (χ2v) is 13.2. The summed E-state index contributed by atoms with van der Waals surface area (Å²) in [6, 6.07) is 62.6. The van der Waals surface area contributed by atoms with Crippen LogP contribution in [0.25, 0.3) is 28.5 Å². The van der Waals surface area contributed by atoms with Crippen LogP contribution in [0.3, 0.4) is 0 Å². The van der Waals surface area contributed by atoms with Crippen LogP contribution < -0.4 is 9.80 Å². The zero-order valence-electron chi connectivity index (χ0n) is 27.9. The molecule has 5 nitrogen and oxygen atoms in total. The van der Waals surface area contributed by atoms with Crippen molar-refractivity contribution in [3.05, 3.63) is 198 Å². The fraction of sp³-hybridized carbons (Fsp3) is 0.0435. The maximum atomic E-state index is 4.81. The highest BCUT2D eigenvalue weighted by Gasteiger charge is 2.26. The second-order valence-electron chi connectivity index (χ2n) is 13.2. The molecule has 0 aliphatic carbocycles. The van der Waals surface area contributed by atoms with E-state index in [0.717, 1.165) is 52.7 Å². The van der Waals surface area contributed by atoms with E-state index in [1.165, 1.54) is 45.0 Å². The van der Waals surface area contributed by atoms with Gasteiger partial charge in [0.25, 0.3) is 0 Å². The highest BCUT2D eigenvalue weighted by molar-refractivity contribution is 5.86. The molecule has 0 spiro atoms. The van der Waals surface area contributed by atoms with E-state index in [1.807, 2.05) is 6.07 Å². The van der Waals surface area contributed by atoms with Crippen molar-refractivity contribution < 1.29 is 0 Å². The van der Waals surface area contributed by atoms with E-state index in [9.17, 15) is 0 Å². The van der Waals surface area contributed by atoms with Gasteiger partial charge in [-0.1, -0.05) is 91.0 Å². The summed E-state index contributed by atoms with van der Waals surface area (Å²) in [6.45, 7) is 0. The summed E-state index contributed by atoms with van der Waals surface area (Å²) in [5.41, 5.74) is 15.4. The number of fused-ring (bicyclic) bond motifs is 4. The molecular weight excluding hydrogens is 623 g/mol. The Hall–Kier alpha value is -6.72. The van der Waals surface area contributed by atoms with Gasteiger partial charge in [0.2, 0.25) is 0 Å². The van der Waals surface area contributed by atoms with E-state index in [1.54, 1.807) is 0 Å². The topological polar surface area (TPSA) is 37.2 Å². The molecule has 0 saturated carbocycles. The number of anilines is 6. The molecule has 242 valence electrons. The van der Waals surface area contributed by atoms with Crippen molar-refractivity contribution in [1.29, 1.82) is 0 Å². The Morgan fingerprint density at radius 1 is 0.314 bits per heavy atom. The SMILES string of the molecule is c1ccc(-n2c(-c3ccc(N4c5ccccc5Cc5ccccc54)cc3)nnc2-c2ccc(N3c4ccccc4Cc4ccccc43)cc2)cc1. The number of rotatable bonds is 5. The molecule has 0 fully saturated rings. The minimum Gasteiger partial charge on any atom is -0.310 e. The number of nitrogens with zero attached hydrogens (tertiary/aromatic N) is 5. The Labute approximate surface area is 297 Å². The quantitative estimate of drug-likeness (QED) is 0.185. The summed E-state index contributed by atoms with van der Waals surface area (Å²) >= 11 is 0. The van der Waals surface area contributed by atoms with Crippen molar-refractivity contribution in [2.24, 2.45) is 0 Å². The predicted molar refractivity (Wildman–Crippen MR) is 207 cm³/mol. The first-order valence-corrected chi connectivity index (χ1v) is 17.4. The van der Waals surface area contributed by atoms with E-state index in [0.29, 0.717) is 0 Å². The number of para-hydroxylation sites is 5. The molecule has 0 saturated heterocycles.